The number of ether oxygens (including phenoxy) is 3. The molecule has 0 saturated carbocycles. The zero-order valence-corrected chi connectivity index (χ0v) is 19.9. The number of carbonyl (C=O) groups is 1. The molecule has 0 heterocycles. The third-order valence-corrected chi connectivity index (χ3v) is 5.26. The highest BCUT2D eigenvalue weighted by Crippen LogP contribution is 2.24. The largest absolute Gasteiger partial charge is 0.497 e. The highest BCUT2D eigenvalue weighted by molar-refractivity contribution is 5.91. The molecule has 0 aromatic heterocycles. The maximum Gasteiger partial charge on any atom is 0.343 e. The molecule has 6 nitrogen and oxygen atoms in total. The van der Waals surface area contributed by atoms with Gasteiger partial charge in [0.05, 0.1) is 30.7 Å². The van der Waals surface area contributed by atoms with Gasteiger partial charge in [-0.15, -0.1) is 0 Å². The van der Waals surface area contributed by atoms with Gasteiger partial charge in [0.15, 0.2) is 0 Å². The highest BCUT2D eigenvalue weighted by Gasteiger charge is 2.08. The van der Waals surface area contributed by atoms with Crippen molar-refractivity contribution in [2.24, 2.45) is 10.2 Å². The summed E-state index contributed by atoms with van der Waals surface area (Å²) in [6.07, 6.45) is 7.48. The Morgan fingerprint density at radius 2 is 1.21 bits per heavy atom. The molecule has 3 aromatic carbocycles. The van der Waals surface area contributed by atoms with Crippen LogP contribution in [0.3, 0.4) is 0 Å². The summed E-state index contributed by atoms with van der Waals surface area (Å²) < 4.78 is 16.3. The Morgan fingerprint density at radius 1 is 0.676 bits per heavy atom. The van der Waals surface area contributed by atoms with Crippen LogP contribution in [0.4, 0.5) is 11.4 Å². The standard InChI is InChI=1S/C28H32N2O4/c1-3-4-5-6-7-8-21-33-26-17-11-23(12-18-26)29-30-24-13-19-27(20-14-24)34-28(31)22-9-15-25(32-2)16-10-22/h9-20H,3-8,21H2,1-2H3. The summed E-state index contributed by atoms with van der Waals surface area (Å²) >= 11 is 0. The molecule has 178 valence electrons. The van der Waals surface area contributed by atoms with E-state index in [0.717, 1.165) is 24.5 Å². The number of methoxy groups -OCH3 is 1. The molecule has 0 unspecified atom stereocenters. The van der Waals surface area contributed by atoms with E-state index in [9.17, 15) is 4.79 Å². The summed E-state index contributed by atoms with van der Waals surface area (Å²) in [5.74, 6) is 1.53. The third-order valence-electron chi connectivity index (χ3n) is 5.26. The molecule has 3 rings (SSSR count). The normalized spacial score (nSPS) is 10.9. The van der Waals surface area contributed by atoms with E-state index in [0.29, 0.717) is 22.7 Å². The van der Waals surface area contributed by atoms with Crippen molar-refractivity contribution >= 4 is 17.3 Å². The van der Waals surface area contributed by atoms with Crippen molar-refractivity contribution in [2.75, 3.05) is 13.7 Å². The Morgan fingerprint density at radius 3 is 1.79 bits per heavy atom. The van der Waals surface area contributed by atoms with Crippen LogP contribution in [-0.4, -0.2) is 19.7 Å². The van der Waals surface area contributed by atoms with E-state index in [4.69, 9.17) is 14.2 Å². The second-order valence-corrected chi connectivity index (χ2v) is 7.92. The van der Waals surface area contributed by atoms with Crippen molar-refractivity contribution in [1.82, 2.24) is 0 Å². The second kappa shape index (κ2) is 13.8. The van der Waals surface area contributed by atoms with Gasteiger partial charge in [0.25, 0.3) is 0 Å². The van der Waals surface area contributed by atoms with E-state index in [1.807, 2.05) is 24.3 Å². The van der Waals surface area contributed by atoms with Crippen LogP contribution in [0.25, 0.3) is 0 Å². The predicted octanol–water partition coefficient (Wildman–Crippen LogP) is 8.07. The van der Waals surface area contributed by atoms with E-state index in [-0.39, 0.29) is 0 Å². The topological polar surface area (TPSA) is 69.5 Å². The van der Waals surface area contributed by atoms with Gasteiger partial charge in [-0.05, 0) is 79.2 Å². The van der Waals surface area contributed by atoms with Crippen LogP contribution in [-0.2, 0) is 0 Å². The molecule has 0 radical (unpaired) electrons. The molecular weight excluding hydrogens is 428 g/mol. The third kappa shape index (κ3) is 8.35. The first-order valence-corrected chi connectivity index (χ1v) is 11.8. The average Bonchev–Trinajstić information content (AvgIpc) is 2.88. The minimum absolute atomic E-state index is 0.434. The van der Waals surface area contributed by atoms with E-state index in [2.05, 4.69) is 17.2 Å². The molecule has 0 aliphatic rings. The van der Waals surface area contributed by atoms with Crippen molar-refractivity contribution < 1.29 is 19.0 Å². The first-order valence-electron chi connectivity index (χ1n) is 11.8. The van der Waals surface area contributed by atoms with Crippen LogP contribution in [0.2, 0.25) is 0 Å². The Hall–Kier alpha value is -3.67. The van der Waals surface area contributed by atoms with Gasteiger partial charge in [0, 0.05) is 0 Å². The van der Waals surface area contributed by atoms with Crippen LogP contribution < -0.4 is 14.2 Å². The van der Waals surface area contributed by atoms with Gasteiger partial charge in [-0.3, -0.25) is 0 Å². The summed E-state index contributed by atoms with van der Waals surface area (Å²) in [6, 6.07) is 21.2. The number of hydrogen-bond acceptors (Lipinski definition) is 6. The Kier molecular flexibility index (Phi) is 10.1. The molecule has 0 saturated heterocycles. The molecule has 0 aliphatic carbocycles. The molecule has 0 amide bonds. The predicted molar refractivity (Wildman–Crippen MR) is 134 cm³/mol. The first-order chi connectivity index (χ1) is 16.7. The molecule has 0 fully saturated rings. The van der Waals surface area contributed by atoms with Gasteiger partial charge in [0.1, 0.15) is 17.2 Å². The van der Waals surface area contributed by atoms with E-state index in [1.54, 1.807) is 55.6 Å². The molecule has 34 heavy (non-hydrogen) atoms. The van der Waals surface area contributed by atoms with Crippen molar-refractivity contribution in [2.45, 2.75) is 45.4 Å². The molecule has 0 aliphatic heterocycles. The van der Waals surface area contributed by atoms with Crippen LogP contribution >= 0.6 is 0 Å². The van der Waals surface area contributed by atoms with Gasteiger partial charge in [-0.2, -0.15) is 10.2 Å². The summed E-state index contributed by atoms with van der Waals surface area (Å²) in [6.45, 7) is 2.97. The molecule has 6 heteroatoms. The van der Waals surface area contributed by atoms with Gasteiger partial charge >= 0.3 is 5.97 Å². The number of unbranched alkanes of at least 4 members (excludes halogenated alkanes) is 5. The molecule has 0 N–H and O–H groups in total. The summed E-state index contributed by atoms with van der Waals surface area (Å²) in [4.78, 5) is 12.3. The van der Waals surface area contributed by atoms with E-state index >= 15 is 0 Å². The van der Waals surface area contributed by atoms with Crippen LogP contribution in [0.1, 0.15) is 55.8 Å². The molecule has 0 atom stereocenters. The van der Waals surface area contributed by atoms with Crippen molar-refractivity contribution in [3.05, 3.63) is 78.4 Å². The monoisotopic (exact) mass is 460 g/mol. The first kappa shape index (κ1) is 25.0. The van der Waals surface area contributed by atoms with Crippen molar-refractivity contribution in [1.29, 1.82) is 0 Å². The van der Waals surface area contributed by atoms with Crippen LogP contribution in [0.15, 0.2) is 83.0 Å². The fourth-order valence-corrected chi connectivity index (χ4v) is 3.27. The fraction of sp³-hybridized carbons (Fsp3) is 0.321. The molecular formula is C28H32N2O4. The summed E-state index contributed by atoms with van der Waals surface area (Å²) in [5, 5.41) is 8.50. The van der Waals surface area contributed by atoms with Crippen molar-refractivity contribution in [3.8, 4) is 17.2 Å². The number of benzene rings is 3. The zero-order valence-electron chi connectivity index (χ0n) is 19.9. The summed E-state index contributed by atoms with van der Waals surface area (Å²) in [7, 11) is 1.58. The number of nitrogens with zero attached hydrogens (tertiary/aromatic N) is 2. The number of azo groups is 1. The van der Waals surface area contributed by atoms with E-state index in [1.165, 1.54) is 32.1 Å². The maximum absolute atomic E-state index is 12.3. The number of carbonyl (C=O) groups excluding carboxylic acids is 1. The lowest BCUT2D eigenvalue weighted by molar-refractivity contribution is 0.0734. The Labute approximate surface area is 201 Å². The lowest BCUT2D eigenvalue weighted by Gasteiger charge is -2.06. The lowest BCUT2D eigenvalue weighted by atomic mass is 10.1. The van der Waals surface area contributed by atoms with Gasteiger partial charge in [-0.25, -0.2) is 4.79 Å². The SMILES string of the molecule is CCCCCCCCOc1ccc(N=Nc2ccc(OC(=O)c3ccc(OC)cc3)cc2)cc1. The molecule has 3 aromatic rings. The minimum atomic E-state index is -0.434. The zero-order chi connectivity index (χ0) is 24.0. The van der Waals surface area contributed by atoms with Gasteiger partial charge in [-0.1, -0.05) is 39.0 Å². The summed E-state index contributed by atoms with van der Waals surface area (Å²) in [5.41, 5.74) is 1.85. The Bertz CT molecular complexity index is 1030. The fourth-order valence-electron chi connectivity index (χ4n) is 3.27. The minimum Gasteiger partial charge on any atom is -0.497 e. The van der Waals surface area contributed by atoms with Crippen LogP contribution in [0.5, 0.6) is 17.2 Å². The molecule has 0 bridgehead atoms. The number of esters is 1. The molecule has 0 spiro atoms. The van der Waals surface area contributed by atoms with Gasteiger partial charge in [0.2, 0.25) is 0 Å². The average molecular weight is 461 g/mol. The lowest BCUT2D eigenvalue weighted by Crippen LogP contribution is -2.08. The number of hydrogen-bond donors (Lipinski definition) is 0. The van der Waals surface area contributed by atoms with E-state index < -0.39 is 5.97 Å². The second-order valence-electron chi connectivity index (χ2n) is 7.92. The van der Waals surface area contributed by atoms with Crippen LogP contribution in [0, 0.1) is 0 Å². The maximum atomic E-state index is 12.3. The number of rotatable bonds is 13. The van der Waals surface area contributed by atoms with Crippen molar-refractivity contribution in [3.63, 3.8) is 0 Å². The quantitative estimate of drug-likeness (QED) is 0.112. The van der Waals surface area contributed by atoms with Gasteiger partial charge < -0.3 is 14.2 Å². The Balaban J connectivity index is 1.44. The highest BCUT2D eigenvalue weighted by atomic mass is 16.5. The smallest absolute Gasteiger partial charge is 0.343 e.